The maximum Gasteiger partial charge on any atom is 0.0711 e. The van der Waals surface area contributed by atoms with Crippen molar-refractivity contribution >= 4 is 43.6 Å². The van der Waals surface area contributed by atoms with Crippen LogP contribution in [0.2, 0.25) is 0 Å². The Kier molecular flexibility index (Phi) is 6.33. The molecule has 3 aliphatic rings. The molecule has 270 valence electrons. The number of hydrogen-bond acceptors (Lipinski definition) is 0. The fourth-order valence-electron chi connectivity index (χ4n) is 11.4. The Morgan fingerprint density at radius 2 is 0.500 bits per heavy atom. The molecule has 2 bridgehead atoms. The summed E-state index contributed by atoms with van der Waals surface area (Å²) in [6.07, 6.45) is 0. The Bertz CT molecular complexity index is 3030. The molecule has 2 aromatic heterocycles. The van der Waals surface area contributed by atoms with Crippen LogP contribution in [0.15, 0.2) is 218 Å². The summed E-state index contributed by atoms with van der Waals surface area (Å²) in [7, 11) is 0. The first-order chi connectivity index (χ1) is 28.8. The minimum absolute atomic E-state index is 0.537. The zero-order valence-corrected chi connectivity index (χ0v) is 31.7. The highest BCUT2D eigenvalue weighted by atomic mass is 15.0. The quantitative estimate of drug-likeness (QED) is 0.170. The Morgan fingerprint density at radius 1 is 0.241 bits per heavy atom. The van der Waals surface area contributed by atoms with E-state index in [1.807, 2.05) is 0 Å². The second-order valence-corrected chi connectivity index (χ2v) is 16.0. The van der Waals surface area contributed by atoms with Crippen molar-refractivity contribution in [3.05, 3.63) is 263 Å². The summed E-state index contributed by atoms with van der Waals surface area (Å²) in [6, 6.07) is 81.8. The summed E-state index contributed by atoms with van der Waals surface area (Å²) in [5.74, 6) is 0. The van der Waals surface area contributed by atoms with E-state index in [9.17, 15) is 0 Å². The van der Waals surface area contributed by atoms with E-state index in [1.54, 1.807) is 0 Å². The molecule has 0 unspecified atom stereocenters. The minimum atomic E-state index is -0.537. The molecule has 0 saturated carbocycles. The predicted molar refractivity (Wildman–Crippen MR) is 239 cm³/mol. The third kappa shape index (κ3) is 3.82. The van der Waals surface area contributed by atoms with Gasteiger partial charge in [0.05, 0.1) is 32.9 Å². The van der Waals surface area contributed by atoms with Crippen molar-refractivity contribution < 1.29 is 0 Å². The first kappa shape index (κ1) is 31.7. The molecule has 0 saturated heterocycles. The fraction of sp³-hybridized carbons (Fsp3) is 0.0357. The van der Waals surface area contributed by atoms with Gasteiger partial charge >= 0.3 is 0 Å². The first-order valence-corrected chi connectivity index (χ1v) is 20.3. The van der Waals surface area contributed by atoms with Crippen LogP contribution in [0.1, 0.15) is 44.5 Å². The molecule has 0 amide bonds. The lowest BCUT2D eigenvalue weighted by atomic mass is 9.44. The number of rotatable bonds is 4. The maximum absolute atomic E-state index is 2.46. The van der Waals surface area contributed by atoms with Crippen molar-refractivity contribution in [3.8, 4) is 11.4 Å². The van der Waals surface area contributed by atoms with Gasteiger partial charge in [-0.3, -0.25) is 0 Å². The van der Waals surface area contributed by atoms with Gasteiger partial charge in [-0.25, -0.2) is 0 Å². The van der Waals surface area contributed by atoms with Gasteiger partial charge in [-0.1, -0.05) is 170 Å². The largest absolute Gasteiger partial charge is 0.309 e. The molecule has 58 heavy (non-hydrogen) atoms. The summed E-state index contributed by atoms with van der Waals surface area (Å²) in [5.41, 5.74) is 16.7. The smallest absolute Gasteiger partial charge is 0.0711 e. The number of fused-ring (bicyclic) bond motifs is 6. The van der Waals surface area contributed by atoms with Crippen LogP contribution < -0.4 is 0 Å². The zero-order valence-electron chi connectivity index (χ0n) is 31.7. The van der Waals surface area contributed by atoms with Crippen molar-refractivity contribution in [3.63, 3.8) is 0 Å². The van der Waals surface area contributed by atoms with Crippen LogP contribution in [0.5, 0.6) is 0 Å². The number of hydrogen-bond donors (Lipinski definition) is 0. The second-order valence-electron chi connectivity index (χ2n) is 16.0. The van der Waals surface area contributed by atoms with Gasteiger partial charge in [0, 0.05) is 32.9 Å². The monoisotopic (exact) mass is 736 g/mol. The van der Waals surface area contributed by atoms with Gasteiger partial charge in [0.2, 0.25) is 0 Å². The zero-order chi connectivity index (χ0) is 38.0. The van der Waals surface area contributed by atoms with Crippen LogP contribution in [0, 0.1) is 0 Å². The van der Waals surface area contributed by atoms with E-state index in [4.69, 9.17) is 0 Å². The minimum Gasteiger partial charge on any atom is -0.309 e. The molecular formula is C56H36N2. The van der Waals surface area contributed by atoms with Crippen LogP contribution in [0.4, 0.5) is 0 Å². The second kappa shape index (κ2) is 11.6. The molecule has 0 spiro atoms. The summed E-state index contributed by atoms with van der Waals surface area (Å²) in [6.45, 7) is 0. The van der Waals surface area contributed by atoms with E-state index in [0.29, 0.717) is 0 Å². The van der Waals surface area contributed by atoms with Crippen LogP contribution in [-0.2, 0) is 10.8 Å². The molecule has 3 aliphatic carbocycles. The number of benzene rings is 9. The van der Waals surface area contributed by atoms with Gasteiger partial charge in [0.15, 0.2) is 0 Å². The molecular weight excluding hydrogens is 701 g/mol. The normalized spacial score (nSPS) is 17.8. The van der Waals surface area contributed by atoms with Crippen molar-refractivity contribution in [2.24, 2.45) is 0 Å². The average molecular weight is 737 g/mol. The number of para-hydroxylation sites is 4. The highest BCUT2D eigenvalue weighted by molar-refractivity contribution is 6.10. The molecule has 9 aromatic carbocycles. The van der Waals surface area contributed by atoms with E-state index < -0.39 is 10.8 Å². The van der Waals surface area contributed by atoms with Gasteiger partial charge in [-0.15, -0.1) is 0 Å². The van der Waals surface area contributed by atoms with E-state index in [1.165, 1.54) is 88.1 Å². The SMILES string of the molecule is c1cc(-n2c3ccccc3c3ccccc32)cc(C23c4ccccc4C(c4cccc(-n5c6ccccc6c6ccccc65)c4)(c4ccccc42)c2ccccc23)c1. The highest BCUT2D eigenvalue weighted by Gasteiger charge is 2.60. The lowest BCUT2D eigenvalue weighted by Crippen LogP contribution is -2.51. The molecule has 2 nitrogen and oxygen atoms in total. The molecule has 0 aliphatic heterocycles. The molecule has 14 rings (SSSR count). The summed E-state index contributed by atoms with van der Waals surface area (Å²) >= 11 is 0. The standard InChI is InChI=1S/C56H36N2/c1-11-31-51-41(21-1)42-22-2-12-32-52(42)57(51)39-19-15-17-37(35-39)55-45-25-5-8-28-48(45)56(49-29-9-6-26-46(49)55,50-30-10-7-27-47(50)55)38-18-16-20-40(36-38)58-53-33-13-3-23-43(53)44-24-4-14-34-54(44)58/h1-36H. The van der Waals surface area contributed by atoms with E-state index in [0.717, 1.165) is 11.4 Å². The lowest BCUT2D eigenvalue weighted by molar-refractivity contribution is 0.557. The maximum atomic E-state index is 2.46. The van der Waals surface area contributed by atoms with Crippen molar-refractivity contribution in [2.75, 3.05) is 0 Å². The Hall–Kier alpha value is -7.42. The number of aromatic nitrogens is 2. The van der Waals surface area contributed by atoms with Crippen molar-refractivity contribution in [2.45, 2.75) is 10.8 Å². The Morgan fingerprint density at radius 3 is 0.793 bits per heavy atom. The van der Waals surface area contributed by atoms with Crippen LogP contribution in [0.3, 0.4) is 0 Å². The highest BCUT2D eigenvalue weighted by Crippen LogP contribution is 2.66. The van der Waals surface area contributed by atoms with E-state index in [-0.39, 0.29) is 0 Å². The molecule has 2 heterocycles. The average Bonchev–Trinajstić information content (AvgIpc) is 3.82. The number of nitrogens with zero attached hydrogens (tertiary/aromatic N) is 2. The van der Waals surface area contributed by atoms with Gasteiger partial charge in [0.25, 0.3) is 0 Å². The predicted octanol–water partition coefficient (Wildman–Crippen LogP) is 13.3. The summed E-state index contributed by atoms with van der Waals surface area (Å²) < 4.78 is 4.90. The molecule has 0 atom stereocenters. The van der Waals surface area contributed by atoms with Crippen LogP contribution in [-0.4, -0.2) is 9.13 Å². The first-order valence-electron chi connectivity index (χ1n) is 20.3. The van der Waals surface area contributed by atoms with Crippen molar-refractivity contribution in [1.29, 1.82) is 0 Å². The van der Waals surface area contributed by atoms with Crippen LogP contribution in [0.25, 0.3) is 55.0 Å². The fourth-order valence-corrected chi connectivity index (χ4v) is 11.4. The Labute approximate surface area is 336 Å². The summed E-state index contributed by atoms with van der Waals surface area (Å²) in [5, 5.41) is 5.08. The van der Waals surface area contributed by atoms with Gasteiger partial charge in [-0.05, 0) is 93.0 Å². The van der Waals surface area contributed by atoms with Crippen LogP contribution >= 0.6 is 0 Å². The third-order valence-electron chi connectivity index (χ3n) is 13.4. The lowest BCUT2D eigenvalue weighted by Gasteiger charge is -2.57. The van der Waals surface area contributed by atoms with E-state index >= 15 is 0 Å². The van der Waals surface area contributed by atoms with E-state index in [2.05, 4.69) is 228 Å². The molecule has 11 aromatic rings. The van der Waals surface area contributed by atoms with Gasteiger partial charge in [0.1, 0.15) is 0 Å². The third-order valence-corrected chi connectivity index (χ3v) is 13.4. The molecule has 0 N–H and O–H groups in total. The molecule has 0 fully saturated rings. The topological polar surface area (TPSA) is 9.86 Å². The summed E-state index contributed by atoms with van der Waals surface area (Å²) in [4.78, 5) is 0. The van der Waals surface area contributed by atoms with Crippen molar-refractivity contribution in [1.82, 2.24) is 9.13 Å². The molecule has 2 heteroatoms. The Balaban J connectivity index is 1.11. The van der Waals surface area contributed by atoms with Gasteiger partial charge < -0.3 is 9.13 Å². The molecule has 0 radical (unpaired) electrons. The van der Waals surface area contributed by atoms with Gasteiger partial charge in [-0.2, -0.15) is 0 Å².